The summed E-state index contributed by atoms with van der Waals surface area (Å²) < 4.78 is 15.2. The Morgan fingerprint density at radius 1 is 1.43 bits per heavy atom. The maximum absolute atomic E-state index is 13.7. The highest BCUT2D eigenvalue weighted by Gasteiger charge is 2.16. The van der Waals surface area contributed by atoms with Crippen LogP contribution in [0, 0.1) is 12.7 Å². The van der Waals surface area contributed by atoms with Gasteiger partial charge in [-0.2, -0.15) is 5.10 Å². The summed E-state index contributed by atoms with van der Waals surface area (Å²) in [5.74, 6) is -0.599. The Morgan fingerprint density at radius 2 is 2.10 bits per heavy atom. The van der Waals surface area contributed by atoms with Gasteiger partial charge < -0.3 is 10.0 Å². The first-order valence-electron chi connectivity index (χ1n) is 6.57. The number of halogens is 1. The number of rotatable bonds is 3. The minimum Gasteiger partial charge on any atom is -0.389 e. The number of hydrogen-bond donors (Lipinski definition) is 1. The van der Waals surface area contributed by atoms with Crippen molar-refractivity contribution in [3.8, 4) is 5.69 Å². The van der Waals surface area contributed by atoms with Gasteiger partial charge in [-0.05, 0) is 37.6 Å². The van der Waals surface area contributed by atoms with Crippen LogP contribution in [0.25, 0.3) is 5.69 Å². The number of aliphatic hydroxyl groups excluding tert-OH is 1. The third-order valence-corrected chi connectivity index (χ3v) is 3.22. The zero-order valence-corrected chi connectivity index (χ0v) is 12.5. The fourth-order valence-electron chi connectivity index (χ4n) is 2.02. The fourth-order valence-corrected chi connectivity index (χ4v) is 2.02. The van der Waals surface area contributed by atoms with Gasteiger partial charge in [0.2, 0.25) is 0 Å². The Balaban J connectivity index is 2.52. The summed E-state index contributed by atoms with van der Waals surface area (Å²) in [5, 5.41) is 14.0. The summed E-state index contributed by atoms with van der Waals surface area (Å²) in [4.78, 5) is 13.3. The highest BCUT2D eigenvalue weighted by molar-refractivity contribution is 5.91. The van der Waals surface area contributed by atoms with Gasteiger partial charge in [-0.25, -0.2) is 9.07 Å². The summed E-state index contributed by atoms with van der Waals surface area (Å²) >= 11 is 0. The number of carbonyl (C=O) groups is 1. The summed E-state index contributed by atoms with van der Waals surface area (Å²) in [7, 11) is 3.29. The minimum absolute atomic E-state index is 0.216. The summed E-state index contributed by atoms with van der Waals surface area (Å²) in [5.41, 5.74) is 1.72. The molecule has 0 unspecified atom stereocenters. The van der Waals surface area contributed by atoms with Crippen LogP contribution in [0.15, 0.2) is 24.4 Å². The number of benzene rings is 1. The molecule has 1 atom stereocenters. The number of aromatic nitrogens is 2. The lowest BCUT2D eigenvalue weighted by atomic mass is 10.1. The molecule has 2 rings (SSSR count). The molecule has 6 heteroatoms. The molecule has 2 aromatic rings. The fraction of sp³-hybridized carbons (Fsp3) is 0.333. The summed E-state index contributed by atoms with van der Waals surface area (Å²) in [6.07, 6.45) is 0.780. The maximum Gasteiger partial charge on any atom is 0.273 e. The van der Waals surface area contributed by atoms with Gasteiger partial charge in [0.25, 0.3) is 5.91 Å². The van der Waals surface area contributed by atoms with E-state index >= 15 is 0 Å². The van der Waals surface area contributed by atoms with Gasteiger partial charge in [0.05, 0.1) is 11.8 Å². The van der Waals surface area contributed by atoms with E-state index in [1.165, 1.54) is 15.6 Å². The van der Waals surface area contributed by atoms with Gasteiger partial charge in [0.15, 0.2) is 5.69 Å². The molecule has 0 spiro atoms. The lowest BCUT2D eigenvalue weighted by Crippen LogP contribution is -2.22. The van der Waals surface area contributed by atoms with E-state index in [9.17, 15) is 14.3 Å². The van der Waals surface area contributed by atoms with Crippen molar-refractivity contribution in [1.82, 2.24) is 14.7 Å². The predicted octanol–water partition coefficient (Wildman–Crippen LogP) is 2.07. The van der Waals surface area contributed by atoms with Crippen LogP contribution < -0.4 is 0 Å². The Morgan fingerprint density at radius 3 is 2.67 bits per heavy atom. The van der Waals surface area contributed by atoms with Gasteiger partial charge in [-0.3, -0.25) is 4.79 Å². The molecule has 1 aromatic heterocycles. The first-order chi connectivity index (χ1) is 9.81. The topological polar surface area (TPSA) is 58.4 Å². The van der Waals surface area contributed by atoms with Crippen molar-refractivity contribution in [3.63, 3.8) is 0 Å². The second-order valence-electron chi connectivity index (χ2n) is 5.18. The molecule has 0 aliphatic rings. The average molecular weight is 291 g/mol. The van der Waals surface area contributed by atoms with Crippen LogP contribution in [0.5, 0.6) is 0 Å². The van der Waals surface area contributed by atoms with Gasteiger partial charge in [-0.15, -0.1) is 0 Å². The highest BCUT2D eigenvalue weighted by Crippen LogP contribution is 2.24. The lowest BCUT2D eigenvalue weighted by Gasteiger charge is -2.14. The molecule has 1 heterocycles. The van der Waals surface area contributed by atoms with Crippen LogP contribution in [0.4, 0.5) is 4.39 Å². The van der Waals surface area contributed by atoms with Crippen LogP contribution in [-0.2, 0) is 0 Å². The van der Waals surface area contributed by atoms with E-state index in [0.29, 0.717) is 22.5 Å². The average Bonchev–Trinajstić information content (AvgIpc) is 2.89. The monoisotopic (exact) mass is 291 g/mol. The smallest absolute Gasteiger partial charge is 0.273 e. The molecule has 0 bridgehead atoms. The predicted molar refractivity (Wildman–Crippen MR) is 76.9 cm³/mol. The molecule has 0 radical (unpaired) electrons. The summed E-state index contributed by atoms with van der Waals surface area (Å²) in [6, 6.07) is 4.49. The van der Waals surface area contributed by atoms with Crippen molar-refractivity contribution in [2.45, 2.75) is 20.0 Å². The van der Waals surface area contributed by atoms with E-state index in [2.05, 4.69) is 5.10 Å². The largest absolute Gasteiger partial charge is 0.389 e. The second-order valence-corrected chi connectivity index (χ2v) is 5.18. The molecule has 5 nitrogen and oxygen atoms in total. The van der Waals surface area contributed by atoms with E-state index in [1.807, 2.05) is 0 Å². The molecule has 112 valence electrons. The summed E-state index contributed by atoms with van der Waals surface area (Å²) in [6.45, 7) is 3.20. The van der Waals surface area contributed by atoms with Crippen molar-refractivity contribution in [2.24, 2.45) is 0 Å². The minimum atomic E-state index is -0.840. The molecule has 1 aromatic carbocycles. The van der Waals surface area contributed by atoms with Crippen LogP contribution in [0.2, 0.25) is 0 Å². The third kappa shape index (κ3) is 2.95. The standard InChI is InChI=1S/C15H18FN3O2/c1-9-7-14(11(10(2)20)8-12(9)16)19-6-5-13(17-19)15(21)18(3)4/h5-8,10,20H,1-4H3/t10-/m0/s1. The van der Waals surface area contributed by atoms with E-state index in [-0.39, 0.29) is 11.7 Å². The van der Waals surface area contributed by atoms with Crippen molar-refractivity contribution >= 4 is 5.91 Å². The molecule has 0 saturated heterocycles. The van der Waals surface area contributed by atoms with E-state index < -0.39 is 6.10 Å². The van der Waals surface area contributed by atoms with Crippen LogP contribution in [-0.4, -0.2) is 39.8 Å². The van der Waals surface area contributed by atoms with Crippen LogP contribution in [0.3, 0.4) is 0 Å². The third-order valence-electron chi connectivity index (χ3n) is 3.22. The Bertz CT molecular complexity index is 678. The molecule has 1 amide bonds. The molecule has 21 heavy (non-hydrogen) atoms. The Labute approximate surface area is 122 Å². The second kappa shape index (κ2) is 5.65. The molecule has 0 aliphatic heterocycles. The molecule has 0 fully saturated rings. The van der Waals surface area contributed by atoms with Crippen molar-refractivity contribution in [3.05, 3.63) is 47.0 Å². The normalized spacial score (nSPS) is 12.3. The number of hydrogen-bond acceptors (Lipinski definition) is 3. The van der Waals surface area contributed by atoms with E-state index in [1.54, 1.807) is 46.3 Å². The number of aliphatic hydroxyl groups is 1. The molecule has 0 aliphatic carbocycles. The SMILES string of the molecule is Cc1cc(-n2ccc(C(=O)N(C)C)n2)c([C@H](C)O)cc1F. The van der Waals surface area contributed by atoms with E-state index in [0.717, 1.165) is 0 Å². The van der Waals surface area contributed by atoms with Gasteiger partial charge in [0, 0.05) is 25.9 Å². The lowest BCUT2D eigenvalue weighted by molar-refractivity contribution is 0.0821. The molecule has 1 N–H and O–H groups in total. The zero-order valence-electron chi connectivity index (χ0n) is 12.5. The molecular weight excluding hydrogens is 273 g/mol. The number of nitrogens with zero attached hydrogens (tertiary/aromatic N) is 3. The van der Waals surface area contributed by atoms with Crippen molar-refractivity contribution < 1.29 is 14.3 Å². The maximum atomic E-state index is 13.7. The quantitative estimate of drug-likeness (QED) is 0.942. The van der Waals surface area contributed by atoms with E-state index in [4.69, 9.17) is 0 Å². The van der Waals surface area contributed by atoms with Crippen LogP contribution >= 0.6 is 0 Å². The number of aryl methyl sites for hydroxylation is 1. The Kier molecular flexibility index (Phi) is 4.09. The zero-order chi connectivity index (χ0) is 15.7. The van der Waals surface area contributed by atoms with Crippen LogP contribution in [0.1, 0.15) is 34.6 Å². The van der Waals surface area contributed by atoms with Gasteiger partial charge in [0.1, 0.15) is 5.82 Å². The highest BCUT2D eigenvalue weighted by atomic mass is 19.1. The van der Waals surface area contributed by atoms with Crippen molar-refractivity contribution in [2.75, 3.05) is 14.1 Å². The number of carbonyl (C=O) groups excluding carboxylic acids is 1. The first kappa shape index (κ1) is 15.2. The Hall–Kier alpha value is -2.21. The van der Waals surface area contributed by atoms with Crippen molar-refractivity contribution in [1.29, 1.82) is 0 Å². The van der Waals surface area contributed by atoms with Gasteiger partial charge in [-0.1, -0.05) is 0 Å². The molecular formula is C15H18FN3O2. The van der Waals surface area contributed by atoms with Gasteiger partial charge >= 0.3 is 0 Å². The molecule has 0 saturated carbocycles. The first-order valence-corrected chi connectivity index (χ1v) is 6.57. The number of amides is 1.